The van der Waals surface area contributed by atoms with Gasteiger partial charge in [-0.25, -0.2) is 9.97 Å². The van der Waals surface area contributed by atoms with E-state index in [2.05, 4.69) is 48.4 Å². The number of nitrogens with two attached hydrogens (primary N) is 1. The Kier molecular flexibility index (Phi) is 2.58. The molecule has 0 aliphatic carbocycles. The quantitative estimate of drug-likeness (QED) is 0.843. The first-order valence-electron chi connectivity index (χ1n) is 5.63. The highest BCUT2D eigenvalue weighted by atomic mass is 15.1. The van der Waals surface area contributed by atoms with Gasteiger partial charge in [0.25, 0.3) is 0 Å². The van der Waals surface area contributed by atoms with E-state index in [0.717, 1.165) is 11.0 Å². The summed E-state index contributed by atoms with van der Waals surface area (Å²) in [6, 6.07) is 0.364. The number of hydrogen-bond acceptors (Lipinski definition) is 3. The van der Waals surface area contributed by atoms with Gasteiger partial charge in [0.1, 0.15) is 11.8 Å². The number of hydrogen-bond donors (Lipinski definition) is 1. The summed E-state index contributed by atoms with van der Waals surface area (Å²) in [5.74, 6) is 1.00. The topological polar surface area (TPSA) is 56.7 Å². The highest BCUT2D eigenvalue weighted by Crippen LogP contribution is 2.30. The molecule has 4 heteroatoms. The summed E-state index contributed by atoms with van der Waals surface area (Å²) in [7, 11) is 0. The highest BCUT2D eigenvalue weighted by Gasteiger charge is 2.16. The van der Waals surface area contributed by atoms with Gasteiger partial charge in [0.15, 0.2) is 5.82 Å². The van der Waals surface area contributed by atoms with Gasteiger partial charge in [-0.1, -0.05) is 13.8 Å². The Morgan fingerprint density at radius 1 is 1.19 bits per heavy atom. The minimum absolute atomic E-state index is 0.364. The lowest BCUT2D eigenvalue weighted by atomic mass is 10.1. The molecule has 86 valence electrons. The summed E-state index contributed by atoms with van der Waals surface area (Å²) in [5, 5.41) is 0. The van der Waals surface area contributed by atoms with E-state index < -0.39 is 0 Å². The van der Waals surface area contributed by atoms with E-state index in [1.165, 1.54) is 11.9 Å². The van der Waals surface area contributed by atoms with Gasteiger partial charge in [-0.15, -0.1) is 0 Å². The van der Waals surface area contributed by atoms with Gasteiger partial charge in [0, 0.05) is 12.2 Å². The maximum Gasteiger partial charge on any atom is 0.151 e. The Bertz CT molecular complexity index is 511. The maximum atomic E-state index is 5.94. The normalized spacial score (nSPS) is 11.9. The van der Waals surface area contributed by atoms with E-state index in [1.807, 2.05) is 0 Å². The summed E-state index contributed by atoms with van der Waals surface area (Å²) in [6.07, 6.45) is 3.68. The number of anilines is 1. The Hall–Kier alpha value is -1.58. The molecule has 0 spiro atoms. The number of aromatic nitrogens is 3. The first kappa shape index (κ1) is 10.9. The number of nitrogens with zero attached hydrogens (tertiary/aromatic N) is 3. The van der Waals surface area contributed by atoms with E-state index in [9.17, 15) is 0 Å². The van der Waals surface area contributed by atoms with Crippen molar-refractivity contribution in [2.24, 2.45) is 0 Å². The fraction of sp³-hybridized carbons (Fsp3) is 0.500. The predicted octanol–water partition coefficient (Wildman–Crippen LogP) is 2.72. The molecule has 0 aliphatic rings. The molecule has 2 heterocycles. The van der Waals surface area contributed by atoms with Crippen molar-refractivity contribution in [1.82, 2.24) is 14.5 Å². The van der Waals surface area contributed by atoms with Crippen LogP contribution in [-0.4, -0.2) is 14.5 Å². The Labute approximate surface area is 95.5 Å². The lowest BCUT2D eigenvalue weighted by molar-refractivity contribution is 0.619. The average Bonchev–Trinajstić information content (AvgIpc) is 2.58. The van der Waals surface area contributed by atoms with Crippen LogP contribution in [0.3, 0.4) is 0 Å². The van der Waals surface area contributed by atoms with Crippen LogP contribution < -0.4 is 5.73 Å². The second kappa shape index (κ2) is 3.77. The fourth-order valence-corrected chi connectivity index (χ4v) is 1.96. The van der Waals surface area contributed by atoms with Crippen LogP contribution in [-0.2, 0) is 0 Å². The summed E-state index contributed by atoms with van der Waals surface area (Å²) >= 11 is 0. The van der Waals surface area contributed by atoms with Crippen LogP contribution >= 0.6 is 0 Å². The molecule has 0 aromatic carbocycles. The molecule has 0 radical (unpaired) electrons. The molecule has 0 aliphatic heterocycles. The molecule has 0 fully saturated rings. The van der Waals surface area contributed by atoms with Crippen molar-refractivity contribution in [2.75, 3.05) is 5.73 Å². The molecule has 16 heavy (non-hydrogen) atoms. The summed E-state index contributed by atoms with van der Waals surface area (Å²) < 4.78 is 2.15. The first-order valence-corrected chi connectivity index (χ1v) is 5.63. The third kappa shape index (κ3) is 1.54. The number of fused-ring (bicyclic) bond motifs is 1. The molecule has 4 nitrogen and oxygen atoms in total. The minimum Gasteiger partial charge on any atom is -0.382 e. The van der Waals surface area contributed by atoms with Crippen molar-refractivity contribution in [2.45, 2.75) is 39.7 Å². The predicted molar refractivity (Wildman–Crippen MR) is 66.4 cm³/mol. The van der Waals surface area contributed by atoms with E-state index in [0.29, 0.717) is 17.8 Å². The van der Waals surface area contributed by atoms with Crippen LogP contribution in [0.1, 0.15) is 45.2 Å². The maximum absolute atomic E-state index is 5.94. The molecule has 0 saturated carbocycles. The van der Waals surface area contributed by atoms with Crippen molar-refractivity contribution in [3.05, 3.63) is 18.1 Å². The smallest absolute Gasteiger partial charge is 0.151 e. The van der Waals surface area contributed by atoms with Gasteiger partial charge in [-0.2, -0.15) is 0 Å². The van der Waals surface area contributed by atoms with Crippen LogP contribution in [0.25, 0.3) is 11.0 Å². The lowest BCUT2D eigenvalue weighted by Crippen LogP contribution is -2.02. The third-order valence-corrected chi connectivity index (χ3v) is 2.84. The van der Waals surface area contributed by atoms with E-state index >= 15 is 0 Å². The molecular formula is C12H18N4. The standard InChI is InChI=1S/C12H18N4/c1-7(2)9-5-16(8(3)4)11-10(9)14-6-15-12(11)13/h5-8H,1-4H3,(H2,13,14,15). The Morgan fingerprint density at radius 2 is 1.88 bits per heavy atom. The number of rotatable bonds is 2. The molecule has 0 unspecified atom stereocenters. The second-order valence-electron chi connectivity index (χ2n) is 4.70. The molecular weight excluding hydrogens is 200 g/mol. The molecule has 2 aromatic heterocycles. The van der Waals surface area contributed by atoms with Crippen LogP contribution in [0.15, 0.2) is 12.5 Å². The van der Waals surface area contributed by atoms with Gasteiger partial charge < -0.3 is 10.3 Å². The van der Waals surface area contributed by atoms with Crippen molar-refractivity contribution in [1.29, 1.82) is 0 Å². The summed E-state index contributed by atoms with van der Waals surface area (Å²) in [6.45, 7) is 8.60. The Balaban J connectivity index is 2.82. The van der Waals surface area contributed by atoms with Gasteiger partial charge in [-0.3, -0.25) is 0 Å². The minimum atomic E-state index is 0.364. The Morgan fingerprint density at radius 3 is 2.44 bits per heavy atom. The van der Waals surface area contributed by atoms with Crippen LogP contribution in [0.5, 0.6) is 0 Å². The van der Waals surface area contributed by atoms with Crippen LogP contribution in [0, 0.1) is 0 Å². The van der Waals surface area contributed by atoms with E-state index in [1.54, 1.807) is 0 Å². The SMILES string of the molecule is CC(C)c1cn(C(C)C)c2c(N)ncnc12. The number of nitrogen functional groups attached to an aromatic ring is 1. The third-order valence-electron chi connectivity index (χ3n) is 2.84. The van der Waals surface area contributed by atoms with Crippen LogP contribution in [0.4, 0.5) is 5.82 Å². The zero-order valence-corrected chi connectivity index (χ0v) is 10.2. The van der Waals surface area contributed by atoms with Crippen LogP contribution in [0.2, 0.25) is 0 Å². The summed E-state index contributed by atoms with van der Waals surface area (Å²) in [4.78, 5) is 8.42. The van der Waals surface area contributed by atoms with Crippen molar-refractivity contribution in [3.63, 3.8) is 0 Å². The zero-order valence-electron chi connectivity index (χ0n) is 10.2. The second-order valence-corrected chi connectivity index (χ2v) is 4.70. The van der Waals surface area contributed by atoms with Gasteiger partial charge in [-0.05, 0) is 25.3 Å². The molecule has 0 saturated heterocycles. The molecule has 2 rings (SSSR count). The van der Waals surface area contributed by atoms with Crippen molar-refractivity contribution < 1.29 is 0 Å². The first-order chi connectivity index (χ1) is 7.52. The highest BCUT2D eigenvalue weighted by molar-refractivity contribution is 5.88. The lowest BCUT2D eigenvalue weighted by Gasteiger charge is -2.09. The van der Waals surface area contributed by atoms with Gasteiger partial charge in [0.2, 0.25) is 0 Å². The largest absolute Gasteiger partial charge is 0.382 e. The zero-order chi connectivity index (χ0) is 11.9. The van der Waals surface area contributed by atoms with E-state index in [-0.39, 0.29) is 0 Å². The molecule has 2 N–H and O–H groups in total. The molecule has 0 amide bonds. The van der Waals surface area contributed by atoms with Gasteiger partial charge >= 0.3 is 0 Å². The fourth-order valence-electron chi connectivity index (χ4n) is 1.96. The average molecular weight is 218 g/mol. The van der Waals surface area contributed by atoms with Crippen molar-refractivity contribution >= 4 is 16.9 Å². The van der Waals surface area contributed by atoms with Gasteiger partial charge in [0.05, 0.1) is 5.52 Å². The molecule has 0 bridgehead atoms. The molecule has 2 aromatic rings. The summed E-state index contributed by atoms with van der Waals surface area (Å²) in [5.41, 5.74) is 9.11. The molecule has 0 atom stereocenters. The van der Waals surface area contributed by atoms with Crippen molar-refractivity contribution in [3.8, 4) is 0 Å². The van der Waals surface area contributed by atoms with E-state index in [4.69, 9.17) is 5.73 Å². The monoisotopic (exact) mass is 218 g/mol.